The smallest absolute Gasteiger partial charge is 0.274 e. The SMILES string of the molecule is CCc1ccc(NC(=O)c2cccc(C)n2)cc1N. The van der Waals surface area contributed by atoms with E-state index in [-0.39, 0.29) is 5.91 Å². The highest BCUT2D eigenvalue weighted by atomic mass is 16.1. The molecule has 0 saturated carbocycles. The standard InChI is InChI=1S/C15H17N3O/c1-3-11-7-8-12(9-13(11)16)18-15(19)14-6-4-5-10(2)17-14/h4-9H,3,16H2,1-2H3,(H,18,19). The monoisotopic (exact) mass is 255 g/mol. The molecule has 1 aromatic heterocycles. The van der Waals surface area contributed by atoms with Crippen molar-refractivity contribution in [3.05, 3.63) is 53.3 Å². The van der Waals surface area contributed by atoms with Gasteiger partial charge < -0.3 is 11.1 Å². The zero-order valence-corrected chi connectivity index (χ0v) is 11.1. The van der Waals surface area contributed by atoms with Gasteiger partial charge in [0.25, 0.3) is 5.91 Å². The first-order valence-electron chi connectivity index (χ1n) is 6.23. The molecule has 1 amide bonds. The number of anilines is 2. The van der Waals surface area contributed by atoms with Crippen LogP contribution in [0.3, 0.4) is 0 Å². The van der Waals surface area contributed by atoms with Crippen LogP contribution in [0, 0.1) is 6.92 Å². The van der Waals surface area contributed by atoms with Gasteiger partial charge in [-0.25, -0.2) is 4.98 Å². The maximum absolute atomic E-state index is 12.0. The maximum atomic E-state index is 12.0. The number of carbonyl (C=O) groups excluding carboxylic acids is 1. The number of aromatic nitrogens is 1. The second kappa shape index (κ2) is 5.52. The van der Waals surface area contributed by atoms with E-state index in [4.69, 9.17) is 5.73 Å². The van der Waals surface area contributed by atoms with Gasteiger partial charge in [-0.05, 0) is 43.2 Å². The summed E-state index contributed by atoms with van der Waals surface area (Å²) in [6.07, 6.45) is 0.874. The number of hydrogen-bond donors (Lipinski definition) is 2. The first kappa shape index (κ1) is 13.1. The number of amides is 1. The minimum Gasteiger partial charge on any atom is -0.398 e. The van der Waals surface area contributed by atoms with Gasteiger partial charge in [-0.2, -0.15) is 0 Å². The van der Waals surface area contributed by atoms with Crippen LogP contribution in [0.15, 0.2) is 36.4 Å². The number of nitrogens with two attached hydrogens (primary N) is 1. The van der Waals surface area contributed by atoms with Crippen LogP contribution in [0.25, 0.3) is 0 Å². The van der Waals surface area contributed by atoms with Crippen molar-refractivity contribution in [3.63, 3.8) is 0 Å². The third kappa shape index (κ3) is 3.10. The number of hydrogen-bond acceptors (Lipinski definition) is 3. The lowest BCUT2D eigenvalue weighted by molar-refractivity contribution is 0.102. The second-order valence-corrected chi connectivity index (χ2v) is 4.39. The van der Waals surface area contributed by atoms with Gasteiger partial charge in [-0.3, -0.25) is 4.79 Å². The normalized spacial score (nSPS) is 10.2. The van der Waals surface area contributed by atoms with Crippen molar-refractivity contribution in [1.29, 1.82) is 0 Å². The molecule has 0 aliphatic carbocycles. The second-order valence-electron chi connectivity index (χ2n) is 4.39. The Labute approximate surface area is 112 Å². The fourth-order valence-electron chi connectivity index (χ4n) is 1.86. The summed E-state index contributed by atoms with van der Waals surface area (Å²) in [6, 6.07) is 10.9. The third-order valence-corrected chi connectivity index (χ3v) is 2.91. The van der Waals surface area contributed by atoms with E-state index >= 15 is 0 Å². The Hall–Kier alpha value is -2.36. The summed E-state index contributed by atoms with van der Waals surface area (Å²) in [7, 11) is 0. The summed E-state index contributed by atoms with van der Waals surface area (Å²) in [5.74, 6) is -0.229. The summed E-state index contributed by atoms with van der Waals surface area (Å²) in [4.78, 5) is 16.2. The van der Waals surface area contributed by atoms with E-state index in [1.165, 1.54) is 0 Å². The molecule has 0 spiro atoms. The highest BCUT2D eigenvalue weighted by Gasteiger charge is 2.08. The number of benzene rings is 1. The van der Waals surface area contributed by atoms with E-state index in [1.807, 2.05) is 38.1 Å². The zero-order chi connectivity index (χ0) is 13.8. The average molecular weight is 255 g/mol. The molecule has 0 fully saturated rings. The molecule has 0 atom stereocenters. The van der Waals surface area contributed by atoms with Crippen LogP contribution in [0.2, 0.25) is 0 Å². The first-order chi connectivity index (χ1) is 9.10. The van der Waals surface area contributed by atoms with Crippen molar-refractivity contribution in [2.45, 2.75) is 20.3 Å². The summed E-state index contributed by atoms with van der Waals surface area (Å²) >= 11 is 0. The number of aryl methyl sites for hydroxylation is 2. The van der Waals surface area contributed by atoms with Gasteiger partial charge >= 0.3 is 0 Å². The Morgan fingerprint density at radius 2 is 2.11 bits per heavy atom. The molecule has 4 nitrogen and oxygen atoms in total. The Bertz CT molecular complexity index is 608. The fraction of sp³-hybridized carbons (Fsp3) is 0.200. The van der Waals surface area contributed by atoms with Crippen molar-refractivity contribution in [2.24, 2.45) is 0 Å². The molecule has 2 rings (SSSR count). The number of nitrogen functional groups attached to an aromatic ring is 1. The molecule has 0 aliphatic heterocycles. The minimum absolute atomic E-state index is 0.229. The van der Waals surface area contributed by atoms with Gasteiger partial charge in [-0.15, -0.1) is 0 Å². The molecule has 0 aliphatic rings. The molecular formula is C15H17N3O. The van der Waals surface area contributed by atoms with Gasteiger partial charge in [-0.1, -0.05) is 19.1 Å². The lowest BCUT2D eigenvalue weighted by Crippen LogP contribution is -2.14. The quantitative estimate of drug-likeness (QED) is 0.829. The third-order valence-electron chi connectivity index (χ3n) is 2.91. The summed E-state index contributed by atoms with van der Waals surface area (Å²) < 4.78 is 0. The number of carbonyl (C=O) groups is 1. The first-order valence-corrected chi connectivity index (χ1v) is 6.23. The van der Waals surface area contributed by atoms with E-state index in [0.29, 0.717) is 17.1 Å². The molecule has 0 unspecified atom stereocenters. The van der Waals surface area contributed by atoms with Gasteiger partial charge in [0.2, 0.25) is 0 Å². The van der Waals surface area contributed by atoms with Crippen LogP contribution in [-0.4, -0.2) is 10.9 Å². The van der Waals surface area contributed by atoms with E-state index in [2.05, 4.69) is 10.3 Å². The zero-order valence-electron chi connectivity index (χ0n) is 11.1. The average Bonchev–Trinajstić information content (AvgIpc) is 2.39. The Balaban J connectivity index is 2.17. The minimum atomic E-state index is -0.229. The van der Waals surface area contributed by atoms with Crippen molar-refractivity contribution >= 4 is 17.3 Å². The Morgan fingerprint density at radius 1 is 1.32 bits per heavy atom. The van der Waals surface area contributed by atoms with Crippen LogP contribution in [-0.2, 0) is 6.42 Å². The molecule has 1 aromatic carbocycles. The molecule has 1 heterocycles. The molecule has 0 saturated heterocycles. The van der Waals surface area contributed by atoms with Crippen molar-refractivity contribution in [2.75, 3.05) is 11.1 Å². The van der Waals surface area contributed by atoms with Crippen LogP contribution >= 0.6 is 0 Å². The molecule has 98 valence electrons. The fourth-order valence-corrected chi connectivity index (χ4v) is 1.86. The van der Waals surface area contributed by atoms with E-state index in [9.17, 15) is 4.79 Å². The molecule has 2 aromatic rings. The number of nitrogens with one attached hydrogen (secondary N) is 1. The van der Waals surface area contributed by atoms with Crippen LogP contribution in [0.1, 0.15) is 28.7 Å². The van der Waals surface area contributed by atoms with Gasteiger partial charge in [0.05, 0.1) is 0 Å². The highest BCUT2D eigenvalue weighted by Crippen LogP contribution is 2.18. The molecule has 3 N–H and O–H groups in total. The van der Waals surface area contributed by atoms with Crippen LogP contribution < -0.4 is 11.1 Å². The Morgan fingerprint density at radius 3 is 2.74 bits per heavy atom. The largest absolute Gasteiger partial charge is 0.398 e. The number of nitrogens with zero attached hydrogens (tertiary/aromatic N) is 1. The van der Waals surface area contributed by atoms with Gasteiger partial charge in [0.15, 0.2) is 0 Å². The van der Waals surface area contributed by atoms with Crippen molar-refractivity contribution in [3.8, 4) is 0 Å². The highest BCUT2D eigenvalue weighted by molar-refractivity contribution is 6.03. The molecule has 19 heavy (non-hydrogen) atoms. The summed E-state index contributed by atoms with van der Waals surface area (Å²) in [5.41, 5.74) is 9.57. The van der Waals surface area contributed by atoms with E-state index in [0.717, 1.165) is 17.7 Å². The molecule has 0 bridgehead atoms. The maximum Gasteiger partial charge on any atom is 0.274 e. The van der Waals surface area contributed by atoms with E-state index < -0.39 is 0 Å². The molecule has 4 heteroatoms. The lowest BCUT2D eigenvalue weighted by Gasteiger charge is -2.08. The summed E-state index contributed by atoms with van der Waals surface area (Å²) in [6.45, 7) is 3.89. The molecular weight excluding hydrogens is 238 g/mol. The molecule has 0 radical (unpaired) electrons. The number of rotatable bonds is 3. The van der Waals surface area contributed by atoms with Crippen LogP contribution in [0.4, 0.5) is 11.4 Å². The van der Waals surface area contributed by atoms with Crippen molar-refractivity contribution in [1.82, 2.24) is 4.98 Å². The van der Waals surface area contributed by atoms with Crippen molar-refractivity contribution < 1.29 is 4.79 Å². The summed E-state index contributed by atoms with van der Waals surface area (Å²) in [5, 5.41) is 2.80. The lowest BCUT2D eigenvalue weighted by atomic mass is 10.1. The topological polar surface area (TPSA) is 68.0 Å². The van der Waals surface area contributed by atoms with Gasteiger partial charge in [0.1, 0.15) is 5.69 Å². The number of pyridine rings is 1. The Kier molecular flexibility index (Phi) is 3.80. The van der Waals surface area contributed by atoms with E-state index in [1.54, 1.807) is 12.1 Å². The predicted octanol–water partition coefficient (Wildman–Crippen LogP) is 2.79. The predicted molar refractivity (Wildman–Crippen MR) is 77.2 cm³/mol. The van der Waals surface area contributed by atoms with Crippen LogP contribution in [0.5, 0.6) is 0 Å². The van der Waals surface area contributed by atoms with Gasteiger partial charge in [0, 0.05) is 17.1 Å².